The molecule has 2 atom stereocenters. The zero-order valence-corrected chi connectivity index (χ0v) is 14.3. The van der Waals surface area contributed by atoms with Gasteiger partial charge in [0.1, 0.15) is 0 Å². The second-order valence-corrected chi connectivity index (χ2v) is 7.43. The van der Waals surface area contributed by atoms with Crippen LogP contribution in [0.15, 0.2) is 18.2 Å². The Morgan fingerprint density at radius 1 is 1.27 bits per heavy atom. The lowest BCUT2D eigenvalue weighted by Crippen LogP contribution is -2.42. The van der Waals surface area contributed by atoms with E-state index in [1.54, 1.807) is 13.0 Å². The maximum Gasteiger partial charge on any atom is 0.309 e. The summed E-state index contributed by atoms with van der Waals surface area (Å²) in [5.41, 5.74) is 0.750. The highest BCUT2D eigenvalue weighted by molar-refractivity contribution is 7.90. The fourth-order valence-electron chi connectivity index (χ4n) is 1.81. The summed E-state index contributed by atoms with van der Waals surface area (Å²) >= 11 is 5.80. The Kier molecular flexibility index (Phi) is 5.96. The van der Waals surface area contributed by atoms with Gasteiger partial charge in [-0.15, -0.1) is 0 Å². The predicted octanol–water partition coefficient (Wildman–Crippen LogP) is 1.91. The molecular formula is C14H18ClNO5S. The highest BCUT2D eigenvalue weighted by Gasteiger charge is 2.33. The number of hydrogen-bond acceptors (Lipinski definition) is 5. The summed E-state index contributed by atoms with van der Waals surface area (Å²) in [5.74, 6) is -2.33. The largest absolute Gasteiger partial charge is 0.469 e. The van der Waals surface area contributed by atoms with E-state index in [0.29, 0.717) is 10.6 Å². The first kappa shape index (κ1) is 18.4. The molecule has 0 heterocycles. The van der Waals surface area contributed by atoms with Gasteiger partial charge in [-0.2, -0.15) is 0 Å². The Bertz CT molecular complexity index is 686. The van der Waals surface area contributed by atoms with Crippen LogP contribution < -0.4 is 4.72 Å². The van der Waals surface area contributed by atoms with E-state index >= 15 is 0 Å². The topological polar surface area (TPSA) is 89.5 Å². The van der Waals surface area contributed by atoms with E-state index in [0.717, 1.165) is 0 Å². The normalized spacial score (nSPS) is 14.0. The van der Waals surface area contributed by atoms with Crippen molar-refractivity contribution in [3.05, 3.63) is 34.3 Å². The average Bonchev–Trinajstić information content (AvgIpc) is 2.43. The van der Waals surface area contributed by atoms with E-state index in [4.69, 9.17) is 11.6 Å². The molecule has 122 valence electrons. The number of aryl methyl sites for hydroxylation is 1. The number of hydrogen-bond donors (Lipinski definition) is 1. The minimum absolute atomic E-state index is 0.200. The molecule has 0 saturated carbocycles. The lowest BCUT2D eigenvalue weighted by atomic mass is 10.1. The number of rotatable bonds is 5. The fraction of sp³-hybridized carbons (Fsp3) is 0.429. The van der Waals surface area contributed by atoms with Crippen molar-refractivity contribution in [3.63, 3.8) is 0 Å². The average molecular weight is 348 g/mol. The van der Waals surface area contributed by atoms with Crippen molar-refractivity contribution in [1.82, 2.24) is 4.72 Å². The van der Waals surface area contributed by atoms with Gasteiger partial charge in [0.25, 0.3) is 5.91 Å². The monoisotopic (exact) mass is 347 g/mol. The van der Waals surface area contributed by atoms with Crippen LogP contribution in [0.3, 0.4) is 0 Å². The van der Waals surface area contributed by atoms with Gasteiger partial charge in [0.15, 0.2) is 0 Å². The number of halogens is 1. The number of benzene rings is 1. The molecular weight excluding hydrogens is 330 g/mol. The van der Waals surface area contributed by atoms with Crippen molar-refractivity contribution in [2.45, 2.75) is 26.0 Å². The second kappa shape index (κ2) is 7.11. The van der Waals surface area contributed by atoms with Crippen LogP contribution in [-0.4, -0.2) is 32.7 Å². The summed E-state index contributed by atoms with van der Waals surface area (Å²) in [7, 11) is -2.85. The molecule has 1 amide bonds. The van der Waals surface area contributed by atoms with Crippen LogP contribution in [0.2, 0.25) is 5.02 Å². The minimum Gasteiger partial charge on any atom is -0.469 e. The molecule has 0 aliphatic rings. The molecule has 1 aromatic rings. The van der Waals surface area contributed by atoms with E-state index in [1.807, 2.05) is 4.72 Å². The number of esters is 1. The number of ether oxygens (including phenoxy) is 1. The van der Waals surface area contributed by atoms with Crippen LogP contribution in [0.4, 0.5) is 0 Å². The van der Waals surface area contributed by atoms with Gasteiger partial charge in [-0.05, 0) is 37.6 Å². The van der Waals surface area contributed by atoms with Crippen molar-refractivity contribution in [3.8, 4) is 0 Å². The van der Waals surface area contributed by atoms with Crippen LogP contribution in [0.25, 0.3) is 0 Å². The molecule has 1 rings (SSSR count). The Morgan fingerprint density at radius 3 is 2.36 bits per heavy atom. The van der Waals surface area contributed by atoms with Crippen molar-refractivity contribution in [1.29, 1.82) is 0 Å². The smallest absolute Gasteiger partial charge is 0.309 e. The van der Waals surface area contributed by atoms with E-state index < -0.39 is 33.1 Å². The van der Waals surface area contributed by atoms with Crippen molar-refractivity contribution >= 4 is 33.5 Å². The molecule has 0 aliphatic carbocycles. The Labute approximate surface area is 134 Å². The van der Waals surface area contributed by atoms with E-state index in [1.165, 1.54) is 33.1 Å². The maximum absolute atomic E-state index is 12.2. The summed E-state index contributed by atoms with van der Waals surface area (Å²) < 4.78 is 30.9. The molecule has 0 saturated heterocycles. The van der Waals surface area contributed by atoms with Gasteiger partial charge in [-0.25, -0.2) is 13.1 Å². The summed E-state index contributed by atoms with van der Waals surface area (Å²) in [6.07, 6.45) is 0. The predicted molar refractivity (Wildman–Crippen MR) is 83.2 cm³/mol. The Hall–Kier alpha value is -1.60. The molecule has 0 aliphatic heterocycles. The van der Waals surface area contributed by atoms with Crippen molar-refractivity contribution in [2.24, 2.45) is 5.92 Å². The fourth-order valence-corrected chi connectivity index (χ4v) is 3.23. The van der Waals surface area contributed by atoms with E-state index in [-0.39, 0.29) is 5.56 Å². The van der Waals surface area contributed by atoms with Gasteiger partial charge < -0.3 is 4.74 Å². The zero-order valence-electron chi connectivity index (χ0n) is 12.7. The zero-order chi connectivity index (χ0) is 17.1. The number of nitrogens with one attached hydrogen (secondary N) is 1. The SMILES string of the molecule is COC(=O)[C@@H](C)[C@H](C)S(=O)(=O)NC(=O)c1ccc(Cl)cc1C. The molecule has 0 unspecified atom stereocenters. The number of carbonyl (C=O) groups is 2. The number of sulfonamides is 1. The van der Waals surface area contributed by atoms with Gasteiger partial charge in [0.2, 0.25) is 10.0 Å². The standard InChI is InChI=1S/C14H18ClNO5S/c1-8-7-11(15)5-6-12(8)13(17)16-22(19,20)10(3)9(2)14(18)21-4/h5-7,9-10H,1-4H3,(H,16,17)/t9-,10-/m0/s1. The van der Waals surface area contributed by atoms with Gasteiger partial charge in [-0.3, -0.25) is 9.59 Å². The molecule has 1 aromatic carbocycles. The van der Waals surface area contributed by atoms with Gasteiger partial charge in [0, 0.05) is 10.6 Å². The summed E-state index contributed by atoms with van der Waals surface area (Å²) in [6.45, 7) is 4.41. The molecule has 0 fully saturated rings. The first-order valence-electron chi connectivity index (χ1n) is 6.50. The second-order valence-electron chi connectivity index (χ2n) is 4.95. The summed E-state index contributed by atoms with van der Waals surface area (Å²) in [5, 5.41) is -0.666. The first-order valence-corrected chi connectivity index (χ1v) is 8.42. The Morgan fingerprint density at radius 2 is 1.86 bits per heavy atom. The van der Waals surface area contributed by atoms with Crippen molar-refractivity contribution < 1.29 is 22.7 Å². The quantitative estimate of drug-likeness (QED) is 0.822. The molecule has 6 nitrogen and oxygen atoms in total. The van der Waals surface area contributed by atoms with Crippen LogP contribution in [0, 0.1) is 12.8 Å². The van der Waals surface area contributed by atoms with E-state index in [2.05, 4.69) is 4.74 Å². The molecule has 0 spiro atoms. The number of carbonyl (C=O) groups excluding carboxylic acids is 2. The summed E-state index contributed by atoms with van der Waals surface area (Å²) in [6, 6.07) is 4.50. The van der Waals surface area contributed by atoms with Crippen LogP contribution in [0.1, 0.15) is 29.8 Å². The lowest BCUT2D eigenvalue weighted by molar-refractivity contribution is -0.144. The minimum atomic E-state index is -4.02. The molecule has 1 N–H and O–H groups in total. The van der Waals surface area contributed by atoms with Crippen LogP contribution in [-0.2, 0) is 19.6 Å². The molecule has 8 heteroatoms. The lowest BCUT2D eigenvalue weighted by Gasteiger charge is -2.19. The first-order chi connectivity index (χ1) is 10.1. The van der Waals surface area contributed by atoms with Crippen LogP contribution >= 0.6 is 11.6 Å². The Balaban J connectivity index is 2.96. The molecule has 22 heavy (non-hydrogen) atoms. The third kappa shape index (κ3) is 4.20. The van der Waals surface area contributed by atoms with E-state index in [9.17, 15) is 18.0 Å². The van der Waals surface area contributed by atoms with Crippen LogP contribution in [0.5, 0.6) is 0 Å². The number of amides is 1. The van der Waals surface area contributed by atoms with Gasteiger partial charge in [0.05, 0.1) is 18.3 Å². The molecule has 0 aromatic heterocycles. The third-order valence-corrected chi connectivity index (χ3v) is 5.53. The maximum atomic E-state index is 12.2. The van der Waals surface area contributed by atoms with Gasteiger partial charge in [-0.1, -0.05) is 18.5 Å². The third-order valence-electron chi connectivity index (χ3n) is 3.43. The molecule has 0 radical (unpaired) electrons. The summed E-state index contributed by atoms with van der Waals surface area (Å²) in [4.78, 5) is 23.5. The van der Waals surface area contributed by atoms with Gasteiger partial charge >= 0.3 is 5.97 Å². The molecule has 0 bridgehead atoms. The number of methoxy groups -OCH3 is 1. The van der Waals surface area contributed by atoms with Crippen molar-refractivity contribution in [2.75, 3.05) is 7.11 Å². The highest BCUT2D eigenvalue weighted by atomic mass is 35.5. The highest BCUT2D eigenvalue weighted by Crippen LogP contribution is 2.17.